The normalized spacial score (nSPS) is 10.7. The van der Waals surface area contributed by atoms with Crippen LogP contribution in [0.15, 0.2) is 17.2 Å². The van der Waals surface area contributed by atoms with Gasteiger partial charge in [-0.3, -0.25) is 4.79 Å². The second-order valence-electron chi connectivity index (χ2n) is 4.85. The Morgan fingerprint density at radius 1 is 1.36 bits per heavy atom. The number of carbonyl (C=O) groups excluding carboxylic acids is 1. The van der Waals surface area contributed by atoms with Crippen LogP contribution >= 0.6 is 11.3 Å². The maximum Gasteiger partial charge on any atom is 0.283 e. The number of thiazole rings is 1. The van der Waals surface area contributed by atoms with Crippen molar-refractivity contribution in [3.8, 4) is 17.2 Å². The van der Waals surface area contributed by atoms with E-state index in [4.69, 9.17) is 19.9 Å². The smallest absolute Gasteiger partial charge is 0.283 e. The summed E-state index contributed by atoms with van der Waals surface area (Å²) in [5.74, 6) is 1.18. The maximum absolute atomic E-state index is 12.1. The van der Waals surface area contributed by atoms with Gasteiger partial charge in [0.1, 0.15) is 4.88 Å². The number of nitrogen functional groups attached to an aromatic ring is 1. The zero-order valence-electron chi connectivity index (χ0n) is 14.5. The van der Waals surface area contributed by atoms with E-state index in [0.717, 1.165) is 11.3 Å². The molecule has 8 nitrogen and oxygen atoms in total. The molecule has 0 saturated carbocycles. The van der Waals surface area contributed by atoms with Gasteiger partial charge in [0.15, 0.2) is 16.6 Å². The molecule has 2 aromatic rings. The molecule has 3 N–H and O–H groups in total. The predicted octanol–water partition coefficient (Wildman–Crippen LogP) is 2.21. The Balaban J connectivity index is 2.17. The monoisotopic (exact) mass is 364 g/mol. The van der Waals surface area contributed by atoms with E-state index in [-0.39, 0.29) is 5.91 Å². The number of anilines is 1. The lowest BCUT2D eigenvalue weighted by Gasteiger charge is -2.14. The van der Waals surface area contributed by atoms with E-state index in [0.29, 0.717) is 45.1 Å². The van der Waals surface area contributed by atoms with Gasteiger partial charge in [0, 0.05) is 5.56 Å². The minimum absolute atomic E-state index is 0.340. The van der Waals surface area contributed by atoms with Gasteiger partial charge in [-0.25, -0.2) is 10.4 Å². The van der Waals surface area contributed by atoms with Crippen LogP contribution < -0.4 is 25.4 Å². The quantitative estimate of drug-likeness (QED) is 0.576. The topological polar surface area (TPSA) is 108 Å². The number of benzene rings is 1. The molecule has 0 fully saturated rings. The molecule has 0 atom stereocenters. The molecular weight excluding hydrogens is 344 g/mol. The van der Waals surface area contributed by atoms with E-state index in [1.165, 1.54) is 20.4 Å². The van der Waals surface area contributed by atoms with Crippen LogP contribution in [0.1, 0.15) is 27.9 Å². The van der Waals surface area contributed by atoms with Gasteiger partial charge < -0.3 is 19.9 Å². The Morgan fingerprint density at radius 3 is 2.48 bits per heavy atom. The minimum Gasteiger partial charge on any atom is -0.493 e. The third-order valence-corrected chi connectivity index (χ3v) is 4.16. The summed E-state index contributed by atoms with van der Waals surface area (Å²) in [6, 6.07) is 3.47. The maximum atomic E-state index is 12.1. The molecule has 0 bridgehead atoms. The molecular formula is C16H20N4O4S. The van der Waals surface area contributed by atoms with Crippen LogP contribution in [0.2, 0.25) is 0 Å². The highest BCUT2D eigenvalue weighted by atomic mass is 32.1. The fourth-order valence-electron chi connectivity index (χ4n) is 2.11. The number of nitrogens with one attached hydrogen (secondary N) is 1. The van der Waals surface area contributed by atoms with Gasteiger partial charge in [-0.2, -0.15) is 5.10 Å². The SMILES string of the molecule is CCOc1c(OC)cc(/C=N\NC(=O)c2sc(N)nc2C)cc1OC. The van der Waals surface area contributed by atoms with Crippen molar-refractivity contribution in [2.45, 2.75) is 13.8 Å². The first-order valence-corrected chi connectivity index (χ1v) is 8.26. The highest BCUT2D eigenvalue weighted by Gasteiger charge is 2.14. The zero-order chi connectivity index (χ0) is 18.4. The summed E-state index contributed by atoms with van der Waals surface area (Å²) in [5.41, 5.74) is 9.29. The van der Waals surface area contributed by atoms with Crippen molar-refractivity contribution in [2.24, 2.45) is 5.10 Å². The molecule has 1 heterocycles. The van der Waals surface area contributed by atoms with Gasteiger partial charge >= 0.3 is 0 Å². The number of nitrogens with two attached hydrogens (primary N) is 1. The number of amides is 1. The first kappa shape index (κ1) is 18.5. The van der Waals surface area contributed by atoms with Crippen molar-refractivity contribution in [3.63, 3.8) is 0 Å². The Morgan fingerprint density at radius 2 is 2.00 bits per heavy atom. The van der Waals surface area contributed by atoms with E-state index >= 15 is 0 Å². The van der Waals surface area contributed by atoms with Gasteiger partial charge in [0.2, 0.25) is 5.75 Å². The largest absolute Gasteiger partial charge is 0.493 e. The molecule has 0 aliphatic rings. The lowest BCUT2D eigenvalue weighted by atomic mass is 10.2. The molecule has 0 aliphatic heterocycles. The molecule has 0 radical (unpaired) electrons. The average Bonchev–Trinajstić information content (AvgIpc) is 2.94. The Bertz CT molecular complexity index is 763. The van der Waals surface area contributed by atoms with E-state index in [2.05, 4.69) is 15.5 Å². The molecule has 134 valence electrons. The van der Waals surface area contributed by atoms with Gasteiger partial charge in [-0.15, -0.1) is 0 Å². The number of aryl methyl sites for hydroxylation is 1. The van der Waals surface area contributed by atoms with E-state index in [9.17, 15) is 4.79 Å². The van der Waals surface area contributed by atoms with E-state index in [1.807, 2.05) is 6.92 Å². The molecule has 25 heavy (non-hydrogen) atoms. The van der Waals surface area contributed by atoms with Gasteiger partial charge in [-0.05, 0) is 26.0 Å². The number of rotatable bonds is 7. The van der Waals surface area contributed by atoms with Crippen molar-refractivity contribution < 1.29 is 19.0 Å². The fraction of sp³-hybridized carbons (Fsp3) is 0.312. The van der Waals surface area contributed by atoms with Crippen molar-refractivity contribution in [3.05, 3.63) is 28.3 Å². The predicted molar refractivity (Wildman–Crippen MR) is 97.0 cm³/mol. The second kappa shape index (κ2) is 8.34. The summed E-state index contributed by atoms with van der Waals surface area (Å²) in [4.78, 5) is 16.5. The molecule has 0 aliphatic carbocycles. The van der Waals surface area contributed by atoms with Crippen molar-refractivity contribution in [1.82, 2.24) is 10.4 Å². The average molecular weight is 364 g/mol. The van der Waals surface area contributed by atoms with E-state index in [1.54, 1.807) is 19.1 Å². The minimum atomic E-state index is -0.368. The van der Waals surface area contributed by atoms with Crippen LogP contribution in [-0.4, -0.2) is 37.9 Å². The molecule has 9 heteroatoms. The summed E-state index contributed by atoms with van der Waals surface area (Å²) >= 11 is 1.11. The van der Waals surface area contributed by atoms with Gasteiger partial charge in [-0.1, -0.05) is 11.3 Å². The molecule has 0 unspecified atom stereocenters. The van der Waals surface area contributed by atoms with E-state index < -0.39 is 0 Å². The van der Waals surface area contributed by atoms with Crippen LogP contribution in [0.3, 0.4) is 0 Å². The Labute approximate surface area is 149 Å². The summed E-state index contributed by atoms with van der Waals surface area (Å²) in [6.45, 7) is 4.07. The van der Waals surface area contributed by atoms with Crippen LogP contribution in [0.25, 0.3) is 0 Å². The molecule has 1 amide bonds. The molecule has 1 aromatic carbocycles. The number of nitrogens with zero attached hydrogens (tertiary/aromatic N) is 2. The highest BCUT2D eigenvalue weighted by molar-refractivity contribution is 7.17. The lowest BCUT2D eigenvalue weighted by molar-refractivity contribution is 0.0958. The van der Waals surface area contributed by atoms with Crippen LogP contribution in [0, 0.1) is 6.92 Å². The molecule has 0 spiro atoms. The first-order chi connectivity index (χ1) is 12.0. The van der Waals surface area contributed by atoms with Crippen molar-refractivity contribution in [2.75, 3.05) is 26.6 Å². The highest BCUT2D eigenvalue weighted by Crippen LogP contribution is 2.38. The van der Waals surface area contributed by atoms with Gasteiger partial charge in [0.05, 0.1) is 32.7 Å². The fourth-order valence-corrected chi connectivity index (χ4v) is 2.83. The Hall–Kier alpha value is -2.81. The standard InChI is InChI=1S/C16H20N4O4S/c1-5-24-13-11(22-3)6-10(7-12(13)23-4)8-18-20-15(21)14-9(2)19-16(17)25-14/h6-8H,5H2,1-4H3,(H2,17,19)(H,20,21)/b18-8-. The zero-order valence-corrected chi connectivity index (χ0v) is 15.3. The number of hydrogen-bond acceptors (Lipinski definition) is 8. The summed E-state index contributed by atoms with van der Waals surface area (Å²) < 4.78 is 16.2. The molecule has 0 saturated heterocycles. The third kappa shape index (κ3) is 4.38. The molecule has 1 aromatic heterocycles. The summed E-state index contributed by atoms with van der Waals surface area (Å²) in [6.07, 6.45) is 1.48. The number of methoxy groups -OCH3 is 2. The first-order valence-electron chi connectivity index (χ1n) is 7.45. The van der Waals surface area contributed by atoms with Crippen molar-refractivity contribution >= 4 is 28.6 Å². The van der Waals surface area contributed by atoms with Crippen LogP contribution in [0.5, 0.6) is 17.2 Å². The third-order valence-electron chi connectivity index (χ3n) is 3.17. The number of ether oxygens (including phenoxy) is 3. The summed E-state index contributed by atoms with van der Waals surface area (Å²) in [7, 11) is 3.08. The number of hydrogen-bond donors (Lipinski definition) is 2. The number of aromatic nitrogens is 1. The van der Waals surface area contributed by atoms with Crippen molar-refractivity contribution in [1.29, 1.82) is 0 Å². The number of carbonyl (C=O) groups is 1. The molecule has 2 rings (SSSR count). The Kier molecular flexibility index (Phi) is 6.18. The summed E-state index contributed by atoms with van der Waals surface area (Å²) in [5, 5.41) is 4.30. The second-order valence-corrected chi connectivity index (χ2v) is 5.88. The lowest BCUT2D eigenvalue weighted by Crippen LogP contribution is -2.17. The van der Waals surface area contributed by atoms with Crippen LogP contribution in [-0.2, 0) is 0 Å². The van der Waals surface area contributed by atoms with Crippen LogP contribution in [0.4, 0.5) is 5.13 Å². The van der Waals surface area contributed by atoms with Gasteiger partial charge in [0.25, 0.3) is 5.91 Å². The number of hydrazone groups is 1.